The second-order valence-corrected chi connectivity index (χ2v) is 2.89. The molecule has 0 aliphatic heterocycles. The molecule has 0 radical (unpaired) electrons. The van der Waals surface area contributed by atoms with Gasteiger partial charge < -0.3 is 10.1 Å². The summed E-state index contributed by atoms with van der Waals surface area (Å²) >= 11 is 6.01. The lowest BCUT2D eigenvalue weighted by molar-refractivity contribution is -0.384. The first-order chi connectivity index (χ1) is 5.15. The second-order valence-electron chi connectivity index (χ2n) is 1.53. The molecule has 7 heteroatoms. The minimum absolute atomic E-state index is 0.0818. The summed E-state index contributed by atoms with van der Waals surface area (Å²) in [5.74, 6) is 0. The van der Waals surface area contributed by atoms with Crippen LogP contribution in [0.15, 0.2) is 0 Å². The summed E-state index contributed by atoms with van der Waals surface area (Å²) in [5.41, 5.74) is 0. The topological polar surface area (TPSA) is 73.1 Å². The molecule has 1 aromatic rings. The molecule has 0 saturated carbocycles. The molecule has 0 amide bonds. The van der Waals surface area contributed by atoms with Gasteiger partial charge in [-0.3, -0.25) is 4.79 Å². The van der Waals surface area contributed by atoms with Crippen molar-refractivity contribution in [2.75, 3.05) is 0 Å². The molecule has 0 atom stereocenters. The highest BCUT2D eigenvalue weighted by atomic mass is 35.5. The molecule has 58 valence electrons. The molecule has 5 nitrogen and oxygen atoms in total. The summed E-state index contributed by atoms with van der Waals surface area (Å²) in [7, 11) is 0. The Hall–Kier alpha value is -1.01. The molecule has 0 N–H and O–H groups in total. The number of aldehydes is 1. The van der Waals surface area contributed by atoms with Crippen LogP contribution in [0.5, 0.6) is 0 Å². The number of aromatic nitrogens is 1. The van der Waals surface area contributed by atoms with Crippen LogP contribution in [0.1, 0.15) is 9.67 Å². The minimum atomic E-state index is -0.691. The summed E-state index contributed by atoms with van der Waals surface area (Å²) < 4.78 is 0. The number of halogens is 1. The van der Waals surface area contributed by atoms with Crippen LogP contribution in [0, 0.1) is 10.1 Å². The maximum absolute atomic E-state index is 10.1. The van der Waals surface area contributed by atoms with Crippen molar-refractivity contribution in [3.63, 3.8) is 0 Å². The first-order valence-electron chi connectivity index (χ1n) is 2.41. The van der Waals surface area contributed by atoms with Gasteiger partial charge >= 0.3 is 5.13 Å². The van der Waals surface area contributed by atoms with Crippen molar-refractivity contribution >= 4 is 34.4 Å². The fraction of sp³-hybridized carbons (Fsp3) is 0. The van der Waals surface area contributed by atoms with Crippen LogP contribution in [-0.2, 0) is 0 Å². The van der Waals surface area contributed by atoms with Crippen molar-refractivity contribution in [2.24, 2.45) is 0 Å². The number of hydrogen-bond acceptors (Lipinski definition) is 5. The van der Waals surface area contributed by atoms with Gasteiger partial charge in [-0.05, 0) is 32.8 Å². The van der Waals surface area contributed by atoms with Crippen molar-refractivity contribution in [1.82, 2.24) is 4.98 Å². The zero-order chi connectivity index (χ0) is 8.43. The minimum Gasteiger partial charge on any atom is -0.357 e. The maximum Gasteiger partial charge on any atom is 0.425 e. The molecular formula is C4HClN2O3S. The van der Waals surface area contributed by atoms with E-state index in [-0.39, 0.29) is 15.2 Å². The Balaban J connectivity index is 3.14. The van der Waals surface area contributed by atoms with E-state index in [4.69, 9.17) is 11.6 Å². The molecule has 0 spiro atoms. The number of nitro groups is 1. The SMILES string of the molecule is O=Cc1sc([N+](=O)[O-])nc1Cl. The van der Waals surface area contributed by atoms with E-state index >= 15 is 0 Å². The largest absolute Gasteiger partial charge is 0.425 e. The molecule has 0 aromatic carbocycles. The number of rotatable bonds is 2. The van der Waals surface area contributed by atoms with Crippen LogP contribution < -0.4 is 0 Å². The van der Waals surface area contributed by atoms with Gasteiger partial charge in [0, 0.05) is 0 Å². The Labute approximate surface area is 69.8 Å². The number of carbonyl (C=O) groups is 1. The first kappa shape index (κ1) is 8.09. The molecular weight excluding hydrogens is 192 g/mol. The van der Waals surface area contributed by atoms with Crippen molar-refractivity contribution in [3.8, 4) is 0 Å². The van der Waals surface area contributed by atoms with E-state index in [1.54, 1.807) is 0 Å². The van der Waals surface area contributed by atoms with Gasteiger partial charge in [-0.15, -0.1) is 0 Å². The van der Waals surface area contributed by atoms with Gasteiger partial charge in [0.25, 0.3) is 5.15 Å². The number of nitrogens with zero attached hydrogens (tertiary/aromatic N) is 2. The smallest absolute Gasteiger partial charge is 0.357 e. The third kappa shape index (κ3) is 1.52. The summed E-state index contributed by atoms with van der Waals surface area (Å²) in [4.78, 5) is 22.9. The summed E-state index contributed by atoms with van der Waals surface area (Å²) in [6.07, 6.45) is 0.438. The molecule has 0 aliphatic rings. The van der Waals surface area contributed by atoms with Crippen LogP contribution in [0.3, 0.4) is 0 Å². The van der Waals surface area contributed by atoms with E-state index < -0.39 is 4.92 Å². The van der Waals surface area contributed by atoms with Crippen molar-refractivity contribution < 1.29 is 9.72 Å². The van der Waals surface area contributed by atoms with E-state index in [1.807, 2.05) is 0 Å². The zero-order valence-electron chi connectivity index (χ0n) is 4.98. The Morgan fingerprint density at radius 1 is 1.73 bits per heavy atom. The Kier molecular flexibility index (Phi) is 2.16. The van der Waals surface area contributed by atoms with Gasteiger partial charge in [0.15, 0.2) is 6.29 Å². The Morgan fingerprint density at radius 3 is 2.64 bits per heavy atom. The monoisotopic (exact) mass is 192 g/mol. The summed E-state index contributed by atoms with van der Waals surface area (Å²) in [6, 6.07) is 0. The summed E-state index contributed by atoms with van der Waals surface area (Å²) in [6.45, 7) is 0. The highest BCUT2D eigenvalue weighted by molar-refractivity contribution is 7.16. The molecule has 0 unspecified atom stereocenters. The third-order valence-electron chi connectivity index (χ3n) is 0.862. The molecule has 1 rings (SSSR count). The highest BCUT2D eigenvalue weighted by Crippen LogP contribution is 2.26. The number of hydrogen-bond donors (Lipinski definition) is 0. The fourth-order valence-corrected chi connectivity index (χ4v) is 1.33. The third-order valence-corrected chi connectivity index (χ3v) is 2.19. The normalized spacial score (nSPS) is 9.55. The van der Waals surface area contributed by atoms with E-state index in [0.717, 1.165) is 0 Å². The summed E-state index contributed by atoms with van der Waals surface area (Å²) in [5, 5.41) is 9.58. The van der Waals surface area contributed by atoms with Crippen LogP contribution in [-0.4, -0.2) is 16.2 Å². The lowest BCUT2D eigenvalue weighted by Gasteiger charge is -1.80. The van der Waals surface area contributed by atoms with E-state index in [0.29, 0.717) is 17.6 Å². The maximum atomic E-state index is 10.1. The van der Waals surface area contributed by atoms with Gasteiger partial charge in [-0.25, -0.2) is 0 Å². The van der Waals surface area contributed by atoms with E-state index in [1.165, 1.54) is 0 Å². The Bertz CT molecular complexity index is 310. The first-order valence-corrected chi connectivity index (χ1v) is 3.60. The lowest BCUT2D eigenvalue weighted by Crippen LogP contribution is -1.84. The average molecular weight is 193 g/mol. The molecule has 0 saturated heterocycles. The quantitative estimate of drug-likeness (QED) is 0.405. The van der Waals surface area contributed by atoms with Crippen molar-refractivity contribution in [3.05, 3.63) is 20.1 Å². The Morgan fingerprint density at radius 2 is 2.36 bits per heavy atom. The average Bonchev–Trinajstić information content (AvgIpc) is 2.31. The fourth-order valence-electron chi connectivity index (χ4n) is 0.453. The predicted octanol–water partition coefficient (Wildman–Crippen LogP) is 1.52. The lowest BCUT2D eigenvalue weighted by atomic mass is 10.6. The molecule has 1 heterocycles. The molecule has 11 heavy (non-hydrogen) atoms. The van der Waals surface area contributed by atoms with Gasteiger partial charge in [0.1, 0.15) is 4.88 Å². The second kappa shape index (κ2) is 2.93. The van der Waals surface area contributed by atoms with Gasteiger partial charge in [0.05, 0.1) is 0 Å². The zero-order valence-corrected chi connectivity index (χ0v) is 6.56. The molecule has 0 fully saturated rings. The molecule has 0 bridgehead atoms. The molecule has 0 aliphatic carbocycles. The van der Waals surface area contributed by atoms with E-state index in [2.05, 4.69) is 4.98 Å². The van der Waals surface area contributed by atoms with Crippen molar-refractivity contribution in [2.45, 2.75) is 0 Å². The standard InChI is InChI=1S/C4HClN2O3S/c5-3-2(1-8)11-4(6-3)7(9)10/h1H. The van der Waals surface area contributed by atoms with Crippen LogP contribution >= 0.6 is 22.9 Å². The van der Waals surface area contributed by atoms with Crippen LogP contribution in [0.4, 0.5) is 5.13 Å². The number of thiazole rings is 1. The van der Waals surface area contributed by atoms with Crippen LogP contribution in [0.2, 0.25) is 5.15 Å². The van der Waals surface area contributed by atoms with Gasteiger partial charge in [-0.1, -0.05) is 0 Å². The predicted molar refractivity (Wildman–Crippen MR) is 39.2 cm³/mol. The van der Waals surface area contributed by atoms with Gasteiger partial charge in [-0.2, -0.15) is 0 Å². The van der Waals surface area contributed by atoms with Crippen molar-refractivity contribution in [1.29, 1.82) is 0 Å². The van der Waals surface area contributed by atoms with Crippen LogP contribution in [0.25, 0.3) is 0 Å². The van der Waals surface area contributed by atoms with E-state index in [9.17, 15) is 14.9 Å². The van der Waals surface area contributed by atoms with Gasteiger partial charge in [0.2, 0.25) is 0 Å². The highest BCUT2D eigenvalue weighted by Gasteiger charge is 2.18. The molecule has 1 aromatic heterocycles. The number of carbonyl (C=O) groups excluding carboxylic acids is 1.